The van der Waals surface area contributed by atoms with Crippen molar-refractivity contribution >= 4 is 0 Å². The quantitative estimate of drug-likeness (QED) is 0.550. The molecule has 0 aromatic heterocycles. The van der Waals surface area contributed by atoms with Gasteiger partial charge in [-0.1, -0.05) is 19.3 Å². The molecule has 2 heteroatoms. The molecule has 0 spiro atoms. The first-order valence-electron chi connectivity index (χ1n) is 4.26. The molecule has 0 amide bonds. The van der Waals surface area contributed by atoms with E-state index in [-0.39, 0.29) is 0 Å². The van der Waals surface area contributed by atoms with Crippen molar-refractivity contribution in [1.82, 2.24) is 4.90 Å². The van der Waals surface area contributed by atoms with Gasteiger partial charge in [0, 0.05) is 0 Å². The van der Waals surface area contributed by atoms with Crippen LogP contribution in [0.4, 0.5) is 0 Å². The van der Waals surface area contributed by atoms with Crippen molar-refractivity contribution in [2.75, 3.05) is 13.6 Å². The van der Waals surface area contributed by atoms with Gasteiger partial charge in [-0.2, -0.15) is 0 Å². The van der Waals surface area contributed by atoms with Crippen LogP contribution in [0.1, 0.15) is 32.1 Å². The Morgan fingerprint density at radius 3 is 2.70 bits per heavy atom. The predicted molar refractivity (Wildman–Crippen MR) is 43.7 cm³/mol. The van der Waals surface area contributed by atoms with Crippen molar-refractivity contribution < 1.29 is 0 Å². The number of hydrogen-bond acceptors (Lipinski definition) is 2. The molecule has 0 bridgehead atoms. The molecule has 0 saturated carbocycles. The number of rotatable bonds is 0. The highest BCUT2D eigenvalue weighted by atomic mass is 15.2. The van der Waals surface area contributed by atoms with Gasteiger partial charge >= 0.3 is 0 Å². The van der Waals surface area contributed by atoms with E-state index < -0.39 is 0 Å². The van der Waals surface area contributed by atoms with E-state index in [9.17, 15) is 0 Å². The molecule has 0 aromatic rings. The Morgan fingerprint density at radius 1 is 1.20 bits per heavy atom. The Kier molecular flexibility index (Phi) is 3.16. The molecule has 1 unspecified atom stereocenters. The molecular weight excluding hydrogens is 124 g/mol. The van der Waals surface area contributed by atoms with E-state index in [1.165, 1.54) is 38.6 Å². The minimum absolute atomic E-state index is 0.320. The summed E-state index contributed by atoms with van der Waals surface area (Å²) in [6.45, 7) is 1.18. The Hall–Kier alpha value is -0.0800. The summed E-state index contributed by atoms with van der Waals surface area (Å²) < 4.78 is 0. The van der Waals surface area contributed by atoms with Crippen LogP contribution in [0.5, 0.6) is 0 Å². The van der Waals surface area contributed by atoms with Gasteiger partial charge in [0.25, 0.3) is 0 Å². The van der Waals surface area contributed by atoms with Crippen molar-refractivity contribution in [3.63, 3.8) is 0 Å². The SMILES string of the molecule is CN1CCCCCCC1N. The Morgan fingerprint density at radius 2 is 1.90 bits per heavy atom. The normalized spacial score (nSPS) is 31.2. The summed E-state index contributed by atoms with van der Waals surface area (Å²) >= 11 is 0. The standard InChI is InChI=1S/C8H18N2/c1-10-7-5-3-2-4-6-8(10)9/h8H,2-7,9H2,1H3. The summed E-state index contributed by atoms with van der Waals surface area (Å²) in [7, 11) is 2.12. The molecule has 0 radical (unpaired) electrons. The van der Waals surface area contributed by atoms with Gasteiger partial charge in [-0.05, 0) is 26.4 Å². The lowest BCUT2D eigenvalue weighted by molar-refractivity contribution is 0.212. The zero-order chi connectivity index (χ0) is 7.40. The molecule has 0 aromatic carbocycles. The second-order valence-electron chi connectivity index (χ2n) is 3.25. The van der Waals surface area contributed by atoms with Gasteiger partial charge in [0.1, 0.15) is 0 Å². The summed E-state index contributed by atoms with van der Waals surface area (Å²) in [4.78, 5) is 2.26. The van der Waals surface area contributed by atoms with E-state index in [1.807, 2.05) is 0 Å². The second-order valence-corrected chi connectivity index (χ2v) is 3.25. The molecule has 1 aliphatic rings. The third-order valence-corrected chi connectivity index (χ3v) is 2.33. The van der Waals surface area contributed by atoms with Crippen LogP contribution in [-0.2, 0) is 0 Å². The first-order valence-corrected chi connectivity index (χ1v) is 4.26. The molecule has 1 atom stereocenters. The van der Waals surface area contributed by atoms with Crippen LogP contribution in [0.2, 0.25) is 0 Å². The maximum absolute atomic E-state index is 5.87. The summed E-state index contributed by atoms with van der Waals surface area (Å²) in [5.41, 5.74) is 5.87. The highest BCUT2D eigenvalue weighted by Crippen LogP contribution is 2.11. The average Bonchev–Trinajstić information content (AvgIpc) is 1.92. The lowest BCUT2D eigenvalue weighted by Gasteiger charge is -2.26. The molecule has 2 nitrogen and oxygen atoms in total. The molecule has 10 heavy (non-hydrogen) atoms. The summed E-state index contributed by atoms with van der Waals surface area (Å²) in [6, 6.07) is 0. The summed E-state index contributed by atoms with van der Waals surface area (Å²) in [6.07, 6.45) is 6.89. The van der Waals surface area contributed by atoms with E-state index in [2.05, 4.69) is 11.9 Å². The maximum atomic E-state index is 5.87. The van der Waals surface area contributed by atoms with E-state index in [0.29, 0.717) is 6.17 Å². The van der Waals surface area contributed by atoms with Crippen LogP contribution in [-0.4, -0.2) is 24.7 Å². The third kappa shape index (κ3) is 2.27. The van der Waals surface area contributed by atoms with E-state index in [4.69, 9.17) is 5.73 Å². The highest BCUT2D eigenvalue weighted by Gasteiger charge is 2.10. The number of nitrogens with two attached hydrogens (primary N) is 1. The van der Waals surface area contributed by atoms with Gasteiger partial charge in [-0.3, -0.25) is 4.90 Å². The predicted octanol–water partition coefficient (Wildman–Crippen LogP) is 1.17. The van der Waals surface area contributed by atoms with Gasteiger partial charge in [-0.15, -0.1) is 0 Å². The molecule has 1 heterocycles. The summed E-state index contributed by atoms with van der Waals surface area (Å²) in [5, 5.41) is 0. The average molecular weight is 142 g/mol. The van der Waals surface area contributed by atoms with Crippen molar-refractivity contribution in [3.05, 3.63) is 0 Å². The molecule has 1 saturated heterocycles. The van der Waals surface area contributed by atoms with Crippen molar-refractivity contribution in [3.8, 4) is 0 Å². The molecule has 0 aliphatic carbocycles. The van der Waals surface area contributed by atoms with Crippen LogP contribution < -0.4 is 5.73 Å². The fraction of sp³-hybridized carbons (Fsp3) is 1.00. The maximum Gasteiger partial charge on any atom is 0.0569 e. The fourth-order valence-electron chi connectivity index (χ4n) is 1.45. The third-order valence-electron chi connectivity index (χ3n) is 2.33. The van der Waals surface area contributed by atoms with Crippen LogP contribution in [0, 0.1) is 0 Å². The van der Waals surface area contributed by atoms with Crippen molar-refractivity contribution in [2.24, 2.45) is 5.73 Å². The topological polar surface area (TPSA) is 29.3 Å². The molecular formula is C8H18N2. The first kappa shape index (κ1) is 8.02. The first-order chi connectivity index (χ1) is 4.80. The van der Waals surface area contributed by atoms with Crippen molar-refractivity contribution in [1.29, 1.82) is 0 Å². The fourth-order valence-corrected chi connectivity index (χ4v) is 1.45. The largest absolute Gasteiger partial charge is 0.316 e. The lowest BCUT2D eigenvalue weighted by Crippen LogP contribution is -2.40. The number of nitrogens with zero attached hydrogens (tertiary/aromatic N) is 1. The molecule has 60 valence electrons. The molecule has 1 aliphatic heterocycles. The lowest BCUT2D eigenvalue weighted by atomic mass is 10.1. The van der Waals surface area contributed by atoms with E-state index >= 15 is 0 Å². The van der Waals surface area contributed by atoms with Gasteiger partial charge in [0.15, 0.2) is 0 Å². The zero-order valence-corrected chi connectivity index (χ0v) is 6.84. The Labute approximate surface area is 63.4 Å². The highest BCUT2D eigenvalue weighted by molar-refractivity contribution is 4.64. The van der Waals surface area contributed by atoms with Gasteiger partial charge < -0.3 is 5.73 Å². The Balaban J connectivity index is 2.28. The molecule has 2 N–H and O–H groups in total. The van der Waals surface area contributed by atoms with Gasteiger partial charge in [0.2, 0.25) is 0 Å². The van der Waals surface area contributed by atoms with Crippen molar-refractivity contribution in [2.45, 2.75) is 38.3 Å². The monoisotopic (exact) mass is 142 g/mol. The molecule has 1 fully saturated rings. The minimum Gasteiger partial charge on any atom is -0.316 e. The molecule has 1 rings (SSSR count). The van der Waals surface area contributed by atoms with Gasteiger partial charge in [-0.25, -0.2) is 0 Å². The number of hydrogen-bond donors (Lipinski definition) is 1. The van der Waals surface area contributed by atoms with Crippen LogP contribution >= 0.6 is 0 Å². The van der Waals surface area contributed by atoms with Crippen LogP contribution in [0.3, 0.4) is 0 Å². The minimum atomic E-state index is 0.320. The van der Waals surface area contributed by atoms with E-state index in [0.717, 1.165) is 0 Å². The van der Waals surface area contributed by atoms with Crippen LogP contribution in [0.15, 0.2) is 0 Å². The zero-order valence-electron chi connectivity index (χ0n) is 6.84. The van der Waals surface area contributed by atoms with E-state index in [1.54, 1.807) is 0 Å². The smallest absolute Gasteiger partial charge is 0.0569 e. The summed E-state index contributed by atoms with van der Waals surface area (Å²) in [5.74, 6) is 0. The van der Waals surface area contributed by atoms with Crippen LogP contribution in [0.25, 0.3) is 0 Å². The Bertz CT molecular complexity index is 81.3. The van der Waals surface area contributed by atoms with Gasteiger partial charge in [0.05, 0.1) is 6.17 Å². The number of likely N-dealkylation sites (tertiary alicyclic amines) is 1. The second kappa shape index (κ2) is 3.94.